The van der Waals surface area contributed by atoms with E-state index in [0.29, 0.717) is 22.3 Å². The second-order valence-corrected chi connectivity index (χ2v) is 5.48. The van der Waals surface area contributed by atoms with Crippen molar-refractivity contribution in [1.29, 1.82) is 0 Å². The van der Waals surface area contributed by atoms with Crippen LogP contribution in [0.1, 0.15) is 31.8 Å². The summed E-state index contributed by atoms with van der Waals surface area (Å²) in [6, 6.07) is 21.0. The number of rotatable bonds is 5. The number of hydrogen-bond acceptors (Lipinski definition) is 3. The molecule has 0 saturated heterocycles. The van der Waals surface area contributed by atoms with Crippen LogP contribution in [0, 0.1) is 5.82 Å². The highest BCUT2D eigenvalue weighted by atomic mass is 19.1. The quantitative estimate of drug-likeness (QED) is 0.513. The summed E-state index contributed by atoms with van der Waals surface area (Å²) in [4.78, 5) is 24.4. The molecule has 0 radical (unpaired) electrons. The van der Waals surface area contributed by atoms with Crippen LogP contribution in [0.2, 0.25) is 0 Å². The van der Waals surface area contributed by atoms with Crippen molar-refractivity contribution in [3.63, 3.8) is 0 Å². The number of esters is 1. The number of ketones is 1. The molecule has 0 aromatic heterocycles. The smallest absolute Gasteiger partial charge is 0.338 e. The first-order valence-electron chi connectivity index (χ1n) is 7.75. The fraction of sp³-hybridized carbons (Fsp3) is 0.0476. The summed E-state index contributed by atoms with van der Waals surface area (Å²) < 4.78 is 18.0. The summed E-state index contributed by atoms with van der Waals surface area (Å²) in [6.45, 7) is 0.0593. The van der Waals surface area contributed by atoms with Gasteiger partial charge in [0.05, 0.1) is 5.56 Å². The number of benzene rings is 3. The number of ether oxygens (including phenoxy) is 1. The third-order valence-corrected chi connectivity index (χ3v) is 3.70. The lowest BCUT2D eigenvalue weighted by Gasteiger charge is -2.06. The van der Waals surface area contributed by atoms with Gasteiger partial charge in [0.15, 0.2) is 5.78 Å². The highest BCUT2D eigenvalue weighted by Gasteiger charge is 2.11. The molecule has 0 aliphatic rings. The fourth-order valence-electron chi connectivity index (χ4n) is 2.33. The first-order chi connectivity index (χ1) is 12.1. The molecule has 0 fully saturated rings. The van der Waals surface area contributed by atoms with Crippen molar-refractivity contribution in [2.24, 2.45) is 0 Å². The summed E-state index contributed by atoms with van der Waals surface area (Å²) in [6.07, 6.45) is 0. The van der Waals surface area contributed by atoms with Gasteiger partial charge in [-0.2, -0.15) is 0 Å². The van der Waals surface area contributed by atoms with Crippen molar-refractivity contribution in [1.82, 2.24) is 0 Å². The van der Waals surface area contributed by atoms with Crippen molar-refractivity contribution >= 4 is 11.8 Å². The number of carbonyl (C=O) groups is 2. The molecular weight excluding hydrogens is 319 g/mol. The summed E-state index contributed by atoms with van der Waals surface area (Å²) in [5.41, 5.74) is 2.15. The van der Waals surface area contributed by atoms with Gasteiger partial charge in [0.2, 0.25) is 0 Å². The molecule has 25 heavy (non-hydrogen) atoms. The summed E-state index contributed by atoms with van der Waals surface area (Å²) in [7, 11) is 0. The van der Waals surface area contributed by atoms with Gasteiger partial charge in [0.1, 0.15) is 12.4 Å². The Morgan fingerprint density at radius 1 is 0.720 bits per heavy atom. The highest BCUT2D eigenvalue weighted by molar-refractivity contribution is 6.09. The zero-order chi connectivity index (χ0) is 17.6. The molecule has 3 rings (SSSR count). The van der Waals surface area contributed by atoms with E-state index in [1.165, 1.54) is 12.1 Å². The minimum atomic E-state index is -0.497. The molecule has 0 unspecified atom stereocenters. The van der Waals surface area contributed by atoms with Gasteiger partial charge in [-0.3, -0.25) is 4.79 Å². The molecule has 3 aromatic carbocycles. The van der Waals surface area contributed by atoms with Crippen LogP contribution in [0.5, 0.6) is 0 Å². The summed E-state index contributed by atoms with van der Waals surface area (Å²) in [5, 5.41) is 0. The van der Waals surface area contributed by atoms with Gasteiger partial charge in [-0.25, -0.2) is 9.18 Å². The predicted molar refractivity (Wildman–Crippen MR) is 91.8 cm³/mol. The lowest BCUT2D eigenvalue weighted by Crippen LogP contribution is -2.06. The lowest BCUT2D eigenvalue weighted by molar-refractivity contribution is 0.0472. The Labute approximate surface area is 144 Å². The third-order valence-electron chi connectivity index (χ3n) is 3.70. The minimum absolute atomic E-state index is 0.0593. The normalized spacial score (nSPS) is 10.3. The molecule has 4 heteroatoms. The Hall–Kier alpha value is -3.27. The van der Waals surface area contributed by atoms with Crippen LogP contribution in [0.4, 0.5) is 4.39 Å². The first kappa shape index (κ1) is 16.6. The van der Waals surface area contributed by atoms with Crippen molar-refractivity contribution in [3.05, 3.63) is 107 Å². The molecular formula is C21H15FO3. The summed E-state index contributed by atoms with van der Waals surface area (Å²) >= 11 is 0. The van der Waals surface area contributed by atoms with Gasteiger partial charge in [-0.05, 0) is 29.8 Å². The Balaban J connectivity index is 1.64. The molecule has 0 N–H and O–H groups in total. The monoisotopic (exact) mass is 334 g/mol. The predicted octanol–water partition coefficient (Wildman–Crippen LogP) is 4.41. The average molecular weight is 334 g/mol. The molecule has 0 bridgehead atoms. The van der Waals surface area contributed by atoms with Crippen molar-refractivity contribution < 1.29 is 18.7 Å². The van der Waals surface area contributed by atoms with Crippen LogP contribution in [-0.2, 0) is 11.3 Å². The van der Waals surface area contributed by atoms with Crippen LogP contribution >= 0.6 is 0 Å². The van der Waals surface area contributed by atoms with Crippen molar-refractivity contribution in [3.8, 4) is 0 Å². The lowest BCUT2D eigenvalue weighted by atomic mass is 10.0. The molecule has 3 nitrogen and oxygen atoms in total. The van der Waals surface area contributed by atoms with E-state index in [9.17, 15) is 14.0 Å². The van der Waals surface area contributed by atoms with E-state index in [0.717, 1.165) is 0 Å². The van der Waals surface area contributed by atoms with E-state index >= 15 is 0 Å². The van der Waals surface area contributed by atoms with E-state index in [1.54, 1.807) is 60.7 Å². The van der Waals surface area contributed by atoms with Crippen molar-refractivity contribution in [2.45, 2.75) is 6.61 Å². The van der Waals surface area contributed by atoms with Gasteiger partial charge in [0.25, 0.3) is 0 Å². The Kier molecular flexibility index (Phi) is 5.00. The summed E-state index contributed by atoms with van der Waals surface area (Å²) in [5.74, 6) is -0.941. The molecule has 3 aromatic rings. The number of halogens is 1. The molecule has 0 aliphatic heterocycles. The van der Waals surface area contributed by atoms with Gasteiger partial charge in [-0.15, -0.1) is 0 Å². The molecule has 0 spiro atoms. The second-order valence-electron chi connectivity index (χ2n) is 5.48. The van der Waals surface area contributed by atoms with E-state index in [4.69, 9.17) is 4.74 Å². The largest absolute Gasteiger partial charge is 0.457 e. The first-order valence-corrected chi connectivity index (χ1v) is 7.75. The van der Waals surface area contributed by atoms with Crippen LogP contribution in [-0.4, -0.2) is 11.8 Å². The number of hydrogen-bond donors (Lipinski definition) is 0. The Bertz CT molecular complexity index is 869. The SMILES string of the molecule is O=C(OCc1ccc(F)cc1)c1ccc(C(=O)c2ccccc2)cc1. The van der Waals surface area contributed by atoms with Crippen LogP contribution in [0.15, 0.2) is 78.9 Å². The van der Waals surface area contributed by atoms with Crippen LogP contribution in [0.25, 0.3) is 0 Å². The molecule has 124 valence electrons. The van der Waals surface area contributed by atoms with Gasteiger partial charge < -0.3 is 4.74 Å². The highest BCUT2D eigenvalue weighted by Crippen LogP contribution is 2.13. The second kappa shape index (κ2) is 7.53. The third kappa shape index (κ3) is 4.18. The molecule has 0 amide bonds. The zero-order valence-corrected chi connectivity index (χ0v) is 13.3. The van der Waals surface area contributed by atoms with Gasteiger partial charge >= 0.3 is 5.97 Å². The molecule has 0 saturated carbocycles. The molecule has 0 atom stereocenters. The Morgan fingerprint density at radius 2 is 1.28 bits per heavy atom. The number of carbonyl (C=O) groups excluding carboxylic acids is 2. The van der Waals surface area contributed by atoms with Gasteiger partial charge in [0, 0.05) is 11.1 Å². The standard InChI is InChI=1S/C21H15FO3/c22-19-12-6-15(7-13-19)14-25-21(24)18-10-8-17(9-11-18)20(23)16-4-2-1-3-5-16/h1-13H,14H2. The van der Waals surface area contributed by atoms with E-state index in [2.05, 4.69) is 0 Å². The fourth-order valence-corrected chi connectivity index (χ4v) is 2.33. The molecule has 0 aliphatic carbocycles. The van der Waals surface area contributed by atoms with Crippen LogP contribution in [0.3, 0.4) is 0 Å². The topological polar surface area (TPSA) is 43.4 Å². The Morgan fingerprint density at radius 3 is 1.92 bits per heavy atom. The minimum Gasteiger partial charge on any atom is -0.457 e. The maximum absolute atomic E-state index is 12.8. The zero-order valence-electron chi connectivity index (χ0n) is 13.3. The van der Waals surface area contributed by atoms with E-state index in [1.807, 2.05) is 6.07 Å². The van der Waals surface area contributed by atoms with E-state index < -0.39 is 5.97 Å². The van der Waals surface area contributed by atoms with Crippen molar-refractivity contribution in [2.75, 3.05) is 0 Å². The van der Waals surface area contributed by atoms with E-state index in [-0.39, 0.29) is 18.2 Å². The maximum Gasteiger partial charge on any atom is 0.338 e. The van der Waals surface area contributed by atoms with Crippen LogP contribution < -0.4 is 0 Å². The average Bonchev–Trinajstić information content (AvgIpc) is 2.67. The molecule has 0 heterocycles. The maximum atomic E-state index is 12.8. The van der Waals surface area contributed by atoms with Gasteiger partial charge in [-0.1, -0.05) is 54.6 Å².